The van der Waals surface area contributed by atoms with Gasteiger partial charge in [-0.2, -0.15) is 0 Å². The van der Waals surface area contributed by atoms with E-state index in [0.29, 0.717) is 29.8 Å². The Morgan fingerprint density at radius 1 is 0.821 bits per heavy atom. The van der Waals surface area contributed by atoms with Crippen LogP contribution < -0.4 is 0 Å². The van der Waals surface area contributed by atoms with Gasteiger partial charge in [-0.25, -0.2) is 0 Å². The van der Waals surface area contributed by atoms with E-state index in [0.717, 1.165) is 76.5 Å². The highest BCUT2D eigenvalue weighted by atomic mass is 16.2. The van der Waals surface area contributed by atoms with E-state index < -0.39 is 0 Å². The van der Waals surface area contributed by atoms with Crippen LogP contribution in [-0.4, -0.2) is 71.8 Å². The third kappa shape index (κ3) is 3.96. The monoisotopic (exact) mass is 387 g/mol. The number of nitrogens with zero attached hydrogens (tertiary/aromatic N) is 3. The molecule has 2 saturated heterocycles. The molecule has 5 heteroatoms. The second-order valence-electron chi connectivity index (χ2n) is 10.3. The van der Waals surface area contributed by atoms with Gasteiger partial charge >= 0.3 is 0 Å². The van der Waals surface area contributed by atoms with Gasteiger partial charge in [0.2, 0.25) is 11.8 Å². The summed E-state index contributed by atoms with van der Waals surface area (Å²) in [5.41, 5.74) is 0. The lowest BCUT2D eigenvalue weighted by molar-refractivity contribution is -0.139. The number of likely N-dealkylation sites (tertiary alicyclic amines) is 2. The summed E-state index contributed by atoms with van der Waals surface area (Å²) < 4.78 is 0. The van der Waals surface area contributed by atoms with E-state index in [1.807, 2.05) is 0 Å². The predicted molar refractivity (Wildman–Crippen MR) is 109 cm³/mol. The number of carbonyl (C=O) groups excluding carboxylic acids is 2. The van der Waals surface area contributed by atoms with Gasteiger partial charge < -0.3 is 9.80 Å². The fourth-order valence-electron chi connectivity index (χ4n) is 5.91. The molecule has 0 radical (unpaired) electrons. The van der Waals surface area contributed by atoms with E-state index in [9.17, 15) is 9.59 Å². The second kappa shape index (κ2) is 7.62. The molecule has 3 saturated carbocycles. The largest absolute Gasteiger partial charge is 0.342 e. The fourth-order valence-corrected chi connectivity index (χ4v) is 5.91. The van der Waals surface area contributed by atoms with E-state index in [1.165, 1.54) is 25.7 Å². The van der Waals surface area contributed by atoms with Crippen molar-refractivity contribution in [1.82, 2.24) is 14.7 Å². The maximum atomic E-state index is 13.3. The van der Waals surface area contributed by atoms with Crippen molar-refractivity contribution < 1.29 is 9.59 Å². The van der Waals surface area contributed by atoms with E-state index in [4.69, 9.17) is 0 Å². The van der Waals surface area contributed by atoms with Crippen molar-refractivity contribution in [2.45, 2.75) is 76.3 Å². The lowest BCUT2D eigenvalue weighted by Crippen LogP contribution is -2.53. The Kier molecular flexibility index (Phi) is 5.14. The Labute approximate surface area is 169 Å². The van der Waals surface area contributed by atoms with Crippen LogP contribution in [0.3, 0.4) is 0 Å². The number of hydrogen-bond acceptors (Lipinski definition) is 3. The van der Waals surface area contributed by atoms with Gasteiger partial charge in [-0.3, -0.25) is 14.5 Å². The zero-order chi connectivity index (χ0) is 19.3. The summed E-state index contributed by atoms with van der Waals surface area (Å²) in [6, 6.07) is 1.09. The Morgan fingerprint density at radius 3 is 2.04 bits per heavy atom. The second-order valence-corrected chi connectivity index (χ2v) is 10.3. The van der Waals surface area contributed by atoms with Crippen LogP contribution in [-0.2, 0) is 9.59 Å². The first-order valence-electron chi connectivity index (χ1n) is 11.9. The number of carbonyl (C=O) groups is 2. The molecule has 2 amide bonds. The molecular formula is C23H37N3O2. The lowest BCUT2D eigenvalue weighted by atomic mass is 9.92. The molecule has 2 heterocycles. The third-order valence-corrected chi connectivity index (χ3v) is 8.03. The van der Waals surface area contributed by atoms with Crippen LogP contribution in [0.25, 0.3) is 0 Å². The average molecular weight is 388 g/mol. The summed E-state index contributed by atoms with van der Waals surface area (Å²) in [4.78, 5) is 32.5. The van der Waals surface area contributed by atoms with Crippen molar-refractivity contribution in [2.75, 3.05) is 33.2 Å². The molecule has 5 rings (SSSR count). The highest BCUT2D eigenvalue weighted by molar-refractivity contribution is 5.81. The Bertz CT molecular complexity index is 591. The minimum Gasteiger partial charge on any atom is -0.342 e. The van der Waals surface area contributed by atoms with Crippen molar-refractivity contribution in [1.29, 1.82) is 0 Å². The molecule has 1 atom stereocenters. The molecule has 156 valence electrons. The van der Waals surface area contributed by atoms with Crippen LogP contribution in [0, 0.1) is 23.7 Å². The van der Waals surface area contributed by atoms with Gasteiger partial charge in [0.15, 0.2) is 0 Å². The van der Waals surface area contributed by atoms with Crippen LogP contribution in [0.4, 0.5) is 0 Å². The van der Waals surface area contributed by atoms with Gasteiger partial charge in [0.05, 0.1) is 5.92 Å². The third-order valence-electron chi connectivity index (χ3n) is 8.03. The van der Waals surface area contributed by atoms with Gasteiger partial charge in [0.1, 0.15) is 0 Å². The molecule has 5 fully saturated rings. The SMILES string of the molecule is CN(C(=O)[C@@H]1CCCN(C2CCN(C(=O)C3CC3)CC2)C1)C(C1CC1)C1CC1. The Balaban J connectivity index is 1.15. The summed E-state index contributed by atoms with van der Waals surface area (Å²) in [5, 5.41) is 0. The van der Waals surface area contributed by atoms with Crippen LogP contribution in [0.2, 0.25) is 0 Å². The van der Waals surface area contributed by atoms with E-state index >= 15 is 0 Å². The average Bonchev–Trinajstić information content (AvgIpc) is 3.59. The van der Waals surface area contributed by atoms with Crippen molar-refractivity contribution >= 4 is 11.8 Å². The molecule has 0 aromatic carbocycles. The summed E-state index contributed by atoms with van der Waals surface area (Å²) in [7, 11) is 2.09. The molecule has 0 aromatic rings. The molecule has 0 unspecified atom stereocenters. The van der Waals surface area contributed by atoms with Gasteiger partial charge in [-0.15, -0.1) is 0 Å². The van der Waals surface area contributed by atoms with Crippen LogP contribution in [0.15, 0.2) is 0 Å². The van der Waals surface area contributed by atoms with Crippen LogP contribution in [0.1, 0.15) is 64.2 Å². The molecule has 0 bridgehead atoms. The van der Waals surface area contributed by atoms with Gasteiger partial charge in [0, 0.05) is 44.7 Å². The summed E-state index contributed by atoms with van der Waals surface area (Å²) in [6.07, 6.45) is 11.9. The van der Waals surface area contributed by atoms with Crippen LogP contribution >= 0.6 is 0 Å². The first kappa shape index (κ1) is 18.9. The van der Waals surface area contributed by atoms with Crippen molar-refractivity contribution in [3.8, 4) is 0 Å². The lowest BCUT2D eigenvalue weighted by Gasteiger charge is -2.43. The van der Waals surface area contributed by atoms with Crippen molar-refractivity contribution in [3.63, 3.8) is 0 Å². The predicted octanol–water partition coefficient (Wildman–Crippen LogP) is 2.75. The smallest absolute Gasteiger partial charge is 0.226 e. The molecule has 3 aliphatic carbocycles. The molecule has 0 spiro atoms. The molecule has 0 aromatic heterocycles. The first-order valence-corrected chi connectivity index (χ1v) is 11.9. The maximum absolute atomic E-state index is 13.3. The topological polar surface area (TPSA) is 43.9 Å². The Hall–Kier alpha value is -1.10. The highest BCUT2D eigenvalue weighted by Gasteiger charge is 2.46. The zero-order valence-corrected chi connectivity index (χ0v) is 17.5. The van der Waals surface area contributed by atoms with E-state index in [1.54, 1.807) is 0 Å². The zero-order valence-electron chi connectivity index (χ0n) is 17.5. The van der Waals surface area contributed by atoms with Gasteiger partial charge in [0.25, 0.3) is 0 Å². The number of hydrogen-bond donors (Lipinski definition) is 0. The van der Waals surface area contributed by atoms with E-state index in [2.05, 4.69) is 21.7 Å². The molecule has 0 N–H and O–H groups in total. The van der Waals surface area contributed by atoms with Crippen molar-refractivity contribution in [3.05, 3.63) is 0 Å². The standard InChI is InChI=1S/C23H37N3O2/c1-24(21(16-4-5-16)17-6-7-17)22(27)19-3-2-12-26(15-19)20-10-13-25(14-11-20)23(28)18-8-9-18/h16-21H,2-15H2,1H3/t19-/m1/s1. The quantitative estimate of drug-likeness (QED) is 0.704. The first-order chi connectivity index (χ1) is 13.6. The Morgan fingerprint density at radius 2 is 1.46 bits per heavy atom. The van der Waals surface area contributed by atoms with E-state index in [-0.39, 0.29) is 5.92 Å². The molecule has 28 heavy (non-hydrogen) atoms. The molecule has 5 aliphatic rings. The minimum absolute atomic E-state index is 0.185. The normalized spacial score (nSPS) is 29.9. The number of piperidine rings is 2. The highest BCUT2D eigenvalue weighted by Crippen LogP contribution is 2.47. The fraction of sp³-hybridized carbons (Fsp3) is 0.913. The molecule has 2 aliphatic heterocycles. The molecular weight excluding hydrogens is 350 g/mol. The maximum Gasteiger partial charge on any atom is 0.226 e. The summed E-state index contributed by atoms with van der Waals surface area (Å²) >= 11 is 0. The number of rotatable bonds is 6. The number of amides is 2. The van der Waals surface area contributed by atoms with Crippen molar-refractivity contribution in [2.24, 2.45) is 23.7 Å². The summed E-state index contributed by atoms with van der Waals surface area (Å²) in [6.45, 7) is 3.90. The van der Waals surface area contributed by atoms with Gasteiger partial charge in [-0.05, 0) is 82.6 Å². The van der Waals surface area contributed by atoms with Gasteiger partial charge in [-0.1, -0.05) is 0 Å². The summed E-state index contributed by atoms with van der Waals surface area (Å²) in [5.74, 6) is 2.91. The molecule has 5 nitrogen and oxygen atoms in total. The van der Waals surface area contributed by atoms with Crippen LogP contribution in [0.5, 0.6) is 0 Å². The minimum atomic E-state index is 0.185.